The maximum Gasteiger partial charge on any atom is 0.506 e. The van der Waals surface area contributed by atoms with E-state index in [1.165, 1.54) is 0 Å². The first-order valence-electron chi connectivity index (χ1n) is 5.00. The summed E-state index contributed by atoms with van der Waals surface area (Å²) in [6, 6.07) is -0.254. The van der Waals surface area contributed by atoms with Crippen LogP contribution in [0.2, 0.25) is 0 Å². The van der Waals surface area contributed by atoms with Gasteiger partial charge >= 0.3 is 6.16 Å². The Morgan fingerprint density at radius 2 is 2.33 bits per heavy atom. The van der Waals surface area contributed by atoms with Gasteiger partial charge in [-0.2, -0.15) is 0 Å². The quantitative estimate of drug-likeness (QED) is 0.421. The molecule has 0 saturated heterocycles. The molecule has 0 aromatic carbocycles. The van der Waals surface area contributed by atoms with Gasteiger partial charge < -0.3 is 15.2 Å². The minimum Gasteiger partial charge on any atom is -0.450 e. The first-order chi connectivity index (χ1) is 7.24. The van der Waals surface area contributed by atoms with Crippen molar-refractivity contribution in [2.24, 2.45) is 0 Å². The van der Waals surface area contributed by atoms with Gasteiger partial charge in [0.2, 0.25) is 6.41 Å². The standard InChI is InChI=1S/C10H15NO4/c12-7-11-8-5-3-1-2-4-6-9(8)15-10(13)14/h4,6-9H,1-3,5H2,(H,11,12)(H,13,14). The van der Waals surface area contributed by atoms with Crippen molar-refractivity contribution >= 4 is 12.6 Å². The molecule has 0 aromatic rings. The lowest BCUT2D eigenvalue weighted by Gasteiger charge is -2.24. The second-order valence-electron chi connectivity index (χ2n) is 3.45. The van der Waals surface area contributed by atoms with E-state index in [1.807, 2.05) is 6.08 Å². The Labute approximate surface area is 88.1 Å². The Morgan fingerprint density at radius 1 is 1.53 bits per heavy atom. The number of carboxylic acid groups (broad SMARTS) is 1. The number of hydrogen-bond acceptors (Lipinski definition) is 3. The average molecular weight is 213 g/mol. The van der Waals surface area contributed by atoms with Gasteiger partial charge in [0.05, 0.1) is 6.04 Å². The van der Waals surface area contributed by atoms with Crippen LogP contribution in [-0.4, -0.2) is 29.8 Å². The van der Waals surface area contributed by atoms with E-state index >= 15 is 0 Å². The smallest absolute Gasteiger partial charge is 0.450 e. The summed E-state index contributed by atoms with van der Waals surface area (Å²) in [4.78, 5) is 20.8. The lowest BCUT2D eigenvalue weighted by molar-refractivity contribution is -0.111. The van der Waals surface area contributed by atoms with Gasteiger partial charge in [-0.1, -0.05) is 12.5 Å². The highest BCUT2D eigenvalue weighted by atomic mass is 16.7. The Morgan fingerprint density at radius 3 is 3.00 bits per heavy atom. The van der Waals surface area contributed by atoms with Gasteiger partial charge in [-0.05, 0) is 25.3 Å². The molecule has 1 rings (SSSR count). The number of rotatable bonds is 3. The molecule has 1 aliphatic carbocycles. The van der Waals surface area contributed by atoms with E-state index in [9.17, 15) is 9.59 Å². The van der Waals surface area contributed by atoms with E-state index in [2.05, 4.69) is 5.32 Å². The molecule has 2 atom stereocenters. The van der Waals surface area contributed by atoms with E-state index in [-0.39, 0.29) is 6.04 Å². The summed E-state index contributed by atoms with van der Waals surface area (Å²) in [5.41, 5.74) is 0. The van der Waals surface area contributed by atoms with Gasteiger partial charge in [0.15, 0.2) is 0 Å². The molecule has 5 heteroatoms. The molecule has 15 heavy (non-hydrogen) atoms. The zero-order chi connectivity index (χ0) is 11.1. The molecule has 1 amide bonds. The number of carbonyl (C=O) groups excluding carboxylic acids is 1. The summed E-state index contributed by atoms with van der Waals surface area (Å²) in [6.45, 7) is 0. The molecule has 0 radical (unpaired) electrons. The molecule has 0 aromatic heterocycles. The van der Waals surface area contributed by atoms with E-state index in [4.69, 9.17) is 9.84 Å². The van der Waals surface area contributed by atoms with Crippen molar-refractivity contribution in [1.29, 1.82) is 0 Å². The van der Waals surface area contributed by atoms with Crippen LogP contribution in [0.25, 0.3) is 0 Å². The first kappa shape index (κ1) is 11.6. The molecule has 0 fully saturated rings. The predicted molar refractivity (Wildman–Crippen MR) is 53.5 cm³/mol. The van der Waals surface area contributed by atoms with Gasteiger partial charge in [0.25, 0.3) is 0 Å². The molecule has 0 aliphatic heterocycles. The fourth-order valence-corrected chi connectivity index (χ4v) is 1.66. The number of hydrogen-bond donors (Lipinski definition) is 2. The lowest BCUT2D eigenvalue weighted by atomic mass is 9.99. The summed E-state index contributed by atoms with van der Waals surface area (Å²) in [6.07, 6.45) is 5.95. The molecular formula is C10H15NO4. The summed E-state index contributed by atoms with van der Waals surface area (Å²) in [5, 5.41) is 11.1. The van der Waals surface area contributed by atoms with Crippen molar-refractivity contribution in [2.45, 2.75) is 37.8 Å². The summed E-state index contributed by atoms with van der Waals surface area (Å²) in [5.74, 6) is 0. The summed E-state index contributed by atoms with van der Waals surface area (Å²) in [7, 11) is 0. The Bertz CT molecular complexity index is 252. The van der Waals surface area contributed by atoms with Crippen LogP contribution in [0.15, 0.2) is 12.2 Å². The number of ether oxygens (including phenoxy) is 1. The van der Waals surface area contributed by atoms with E-state index < -0.39 is 12.3 Å². The van der Waals surface area contributed by atoms with Crippen molar-refractivity contribution in [2.75, 3.05) is 0 Å². The third-order valence-corrected chi connectivity index (χ3v) is 2.38. The maximum absolute atomic E-state index is 10.4. The SMILES string of the molecule is O=CNC1CCCCC=CC1OC(=O)O. The first-order valence-corrected chi connectivity index (χ1v) is 5.00. The second-order valence-corrected chi connectivity index (χ2v) is 3.45. The zero-order valence-corrected chi connectivity index (χ0v) is 8.39. The van der Waals surface area contributed by atoms with Crippen LogP contribution in [0.1, 0.15) is 25.7 Å². The van der Waals surface area contributed by atoms with Gasteiger partial charge in [-0.3, -0.25) is 4.79 Å². The molecule has 1 aliphatic rings. The van der Waals surface area contributed by atoms with Gasteiger partial charge in [-0.15, -0.1) is 0 Å². The highest BCUT2D eigenvalue weighted by molar-refractivity contribution is 5.57. The molecule has 5 nitrogen and oxygen atoms in total. The summed E-state index contributed by atoms with van der Waals surface area (Å²) >= 11 is 0. The fraction of sp³-hybridized carbons (Fsp3) is 0.600. The van der Waals surface area contributed by atoms with Crippen molar-refractivity contribution in [1.82, 2.24) is 5.32 Å². The number of carbonyl (C=O) groups is 2. The number of allylic oxidation sites excluding steroid dienone is 1. The minimum atomic E-state index is -1.32. The van der Waals surface area contributed by atoms with E-state index in [0.29, 0.717) is 6.41 Å². The lowest BCUT2D eigenvalue weighted by Crippen LogP contribution is -2.41. The van der Waals surface area contributed by atoms with Crippen LogP contribution in [0.5, 0.6) is 0 Å². The third-order valence-electron chi connectivity index (χ3n) is 2.38. The van der Waals surface area contributed by atoms with Crippen molar-refractivity contribution in [3.05, 3.63) is 12.2 Å². The molecular weight excluding hydrogens is 198 g/mol. The molecule has 2 unspecified atom stereocenters. The Hall–Kier alpha value is -1.52. The zero-order valence-electron chi connectivity index (χ0n) is 8.39. The van der Waals surface area contributed by atoms with Crippen LogP contribution in [0, 0.1) is 0 Å². The molecule has 0 bridgehead atoms. The van der Waals surface area contributed by atoms with Crippen LogP contribution in [-0.2, 0) is 9.53 Å². The van der Waals surface area contributed by atoms with E-state index in [1.54, 1.807) is 6.08 Å². The van der Waals surface area contributed by atoms with Crippen LogP contribution in [0.3, 0.4) is 0 Å². The molecule has 84 valence electrons. The average Bonchev–Trinajstić information content (AvgIpc) is 2.15. The van der Waals surface area contributed by atoms with Crippen LogP contribution >= 0.6 is 0 Å². The molecule has 0 spiro atoms. The second kappa shape index (κ2) is 6.06. The largest absolute Gasteiger partial charge is 0.506 e. The summed E-state index contributed by atoms with van der Waals surface area (Å²) < 4.78 is 4.70. The van der Waals surface area contributed by atoms with Crippen LogP contribution in [0.4, 0.5) is 4.79 Å². The third kappa shape index (κ3) is 4.01. The maximum atomic E-state index is 10.4. The van der Waals surface area contributed by atoms with Crippen molar-refractivity contribution in [3.63, 3.8) is 0 Å². The molecule has 0 heterocycles. The number of nitrogens with one attached hydrogen (secondary N) is 1. The monoisotopic (exact) mass is 213 g/mol. The van der Waals surface area contributed by atoms with Gasteiger partial charge in [0.1, 0.15) is 6.10 Å². The predicted octanol–water partition coefficient (Wildman–Crippen LogP) is 1.29. The molecule has 2 N–H and O–H groups in total. The Balaban J connectivity index is 2.65. The molecule has 0 saturated carbocycles. The highest BCUT2D eigenvalue weighted by Gasteiger charge is 2.22. The normalized spacial score (nSPS) is 26.1. The highest BCUT2D eigenvalue weighted by Crippen LogP contribution is 2.15. The van der Waals surface area contributed by atoms with Crippen molar-refractivity contribution in [3.8, 4) is 0 Å². The van der Waals surface area contributed by atoms with Crippen molar-refractivity contribution < 1.29 is 19.4 Å². The van der Waals surface area contributed by atoms with Crippen LogP contribution < -0.4 is 5.32 Å². The van der Waals surface area contributed by atoms with Gasteiger partial charge in [-0.25, -0.2) is 4.79 Å². The fourth-order valence-electron chi connectivity index (χ4n) is 1.66. The number of amides is 1. The minimum absolute atomic E-state index is 0.254. The van der Waals surface area contributed by atoms with E-state index in [0.717, 1.165) is 25.7 Å². The van der Waals surface area contributed by atoms with Gasteiger partial charge in [0, 0.05) is 0 Å². The topological polar surface area (TPSA) is 75.6 Å². The Kier molecular flexibility index (Phi) is 4.66.